The van der Waals surface area contributed by atoms with Crippen molar-refractivity contribution in [2.24, 2.45) is 5.92 Å². The molecule has 0 bridgehead atoms. The fourth-order valence-electron chi connectivity index (χ4n) is 2.44. The standard InChI is InChI=1S/C15H17F3N2O2S/c1-23-12-4-2-11(3-5-12)19-13(21)10-6-8-20(9-7-10)14(22)15(16,17)18/h2-5,10H,6-9H2,1H3,(H,19,21). The van der Waals surface area contributed by atoms with E-state index in [4.69, 9.17) is 0 Å². The molecule has 126 valence electrons. The van der Waals surface area contributed by atoms with E-state index < -0.39 is 12.1 Å². The maximum Gasteiger partial charge on any atom is 0.471 e. The van der Waals surface area contributed by atoms with Crippen LogP contribution in [0.1, 0.15) is 12.8 Å². The van der Waals surface area contributed by atoms with Crippen molar-refractivity contribution < 1.29 is 22.8 Å². The van der Waals surface area contributed by atoms with Crippen molar-refractivity contribution >= 4 is 29.3 Å². The van der Waals surface area contributed by atoms with Crippen LogP contribution in [-0.4, -0.2) is 42.2 Å². The lowest BCUT2D eigenvalue weighted by atomic mass is 9.95. The fourth-order valence-corrected chi connectivity index (χ4v) is 2.85. The third kappa shape index (κ3) is 4.63. The SMILES string of the molecule is CSc1ccc(NC(=O)C2CCN(C(=O)C(F)(F)F)CC2)cc1. The number of hydrogen-bond acceptors (Lipinski definition) is 3. The summed E-state index contributed by atoms with van der Waals surface area (Å²) in [6.07, 6.45) is -2.44. The van der Waals surface area contributed by atoms with Crippen molar-refractivity contribution in [3.05, 3.63) is 24.3 Å². The molecule has 1 aromatic carbocycles. The number of benzene rings is 1. The van der Waals surface area contributed by atoms with Gasteiger partial charge in [0.2, 0.25) is 5.91 Å². The Bertz CT molecular complexity index is 567. The van der Waals surface area contributed by atoms with Crippen LogP contribution in [0.25, 0.3) is 0 Å². The van der Waals surface area contributed by atoms with Gasteiger partial charge in [-0.15, -0.1) is 11.8 Å². The molecule has 1 heterocycles. The molecular formula is C15H17F3N2O2S. The fraction of sp³-hybridized carbons (Fsp3) is 0.467. The highest BCUT2D eigenvalue weighted by atomic mass is 32.2. The molecule has 0 saturated carbocycles. The van der Waals surface area contributed by atoms with Gasteiger partial charge in [0.1, 0.15) is 0 Å². The normalized spacial score (nSPS) is 16.3. The molecule has 0 atom stereocenters. The van der Waals surface area contributed by atoms with Gasteiger partial charge in [-0.1, -0.05) is 0 Å². The Kier molecular flexibility index (Phi) is 5.56. The molecule has 23 heavy (non-hydrogen) atoms. The van der Waals surface area contributed by atoms with Gasteiger partial charge in [0.15, 0.2) is 0 Å². The highest BCUT2D eigenvalue weighted by molar-refractivity contribution is 7.98. The minimum absolute atomic E-state index is 0.0537. The van der Waals surface area contributed by atoms with Gasteiger partial charge < -0.3 is 10.2 Å². The number of alkyl halides is 3. The zero-order valence-corrected chi connectivity index (χ0v) is 13.3. The molecule has 1 aromatic rings. The van der Waals surface area contributed by atoms with Gasteiger partial charge in [-0.3, -0.25) is 9.59 Å². The van der Waals surface area contributed by atoms with Crippen molar-refractivity contribution in [1.29, 1.82) is 0 Å². The summed E-state index contributed by atoms with van der Waals surface area (Å²) in [6.45, 7) is -0.107. The maximum atomic E-state index is 12.4. The van der Waals surface area contributed by atoms with Gasteiger partial charge in [-0.25, -0.2) is 0 Å². The highest BCUT2D eigenvalue weighted by Crippen LogP contribution is 2.25. The first-order chi connectivity index (χ1) is 10.8. The van der Waals surface area contributed by atoms with E-state index in [2.05, 4.69) is 5.32 Å². The number of amides is 2. The number of thioether (sulfide) groups is 1. The lowest BCUT2D eigenvalue weighted by Crippen LogP contribution is -2.46. The second-order valence-electron chi connectivity index (χ2n) is 5.28. The van der Waals surface area contributed by atoms with Crippen LogP contribution in [0.5, 0.6) is 0 Å². The van der Waals surface area contributed by atoms with E-state index in [0.717, 1.165) is 9.80 Å². The smallest absolute Gasteiger partial charge is 0.335 e. The van der Waals surface area contributed by atoms with Crippen LogP contribution in [-0.2, 0) is 9.59 Å². The van der Waals surface area contributed by atoms with Gasteiger partial charge >= 0.3 is 12.1 Å². The van der Waals surface area contributed by atoms with Crippen LogP contribution in [0, 0.1) is 5.92 Å². The van der Waals surface area contributed by atoms with Gasteiger partial charge in [-0.2, -0.15) is 13.2 Å². The molecule has 1 fully saturated rings. The summed E-state index contributed by atoms with van der Waals surface area (Å²) >= 11 is 1.59. The first kappa shape index (κ1) is 17.7. The number of anilines is 1. The minimum Gasteiger partial charge on any atom is -0.335 e. The average molecular weight is 346 g/mol. The number of rotatable bonds is 3. The lowest BCUT2D eigenvalue weighted by molar-refractivity contribution is -0.186. The number of carbonyl (C=O) groups is 2. The topological polar surface area (TPSA) is 49.4 Å². The molecule has 0 spiro atoms. The Morgan fingerprint density at radius 2 is 1.74 bits per heavy atom. The van der Waals surface area contributed by atoms with Crippen LogP contribution in [0.15, 0.2) is 29.2 Å². The van der Waals surface area contributed by atoms with Crippen molar-refractivity contribution in [3.63, 3.8) is 0 Å². The number of nitrogens with one attached hydrogen (secondary N) is 1. The Hall–Kier alpha value is -1.70. The van der Waals surface area contributed by atoms with Crippen molar-refractivity contribution in [2.75, 3.05) is 24.7 Å². The van der Waals surface area contributed by atoms with E-state index in [1.807, 2.05) is 18.4 Å². The van der Waals surface area contributed by atoms with Crippen LogP contribution in [0.2, 0.25) is 0 Å². The maximum absolute atomic E-state index is 12.4. The molecule has 1 N–H and O–H groups in total. The summed E-state index contributed by atoms with van der Waals surface area (Å²) in [5.41, 5.74) is 0.654. The lowest BCUT2D eigenvalue weighted by Gasteiger charge is -2.31. The summed E-state index contributed by atoms with van der Waals surface area (Å²) in [5, 5.41) is 2.76. The molecule has 0 unspecified atom stereocenters. The number of carbonyl (C=O) groups excluding carboxylic acids is 2. The van der Waals surface area contributed by atoms with E-state index >= 15 is 0 Å². The van der Waals surface area contributed by atoms with E-state index in [-0.39, 0.29) is 37.8 Å². The van der Waals surface area contributed by atoms with Crippen LogP contribution >= 0.6 is 11.8 Å². The van der Waals surface area contributed by atoms with Crippen molar-refractivity contribution in [3.8, 4) is 0 Å². The average Bonchev–Trinajstić information content (AvgIpc) is 2.54. The predicted octanol–water partition coefficient (Wildman–Crippen LogP) is 3.15. The first-order valence-corrected chi connectivity index (χ1v) is 8.34. The summed E-state index contributed by atoms with van der Waals surface area (Å²) in [5.74, 6) is -2.43. The van der Waals surface area contributed by atoms with Crippen LogP contribution in [0.4, 0.5) is 18.9 Å². The molecular weight excluding hydrogens is 329 g/mol. The van der Waals surface area contributed by atoms with E-state index in [1.165, 1.54) is 0 Å². The monoisotopic (exact) mass is 346 g/mol. The molecule has 1 aliphatic heterocycles. The van der Waals surface area contributed by atoms with E-state index in [1.54, 1.807) is 23.9 Å². The second kappa shape index (κ2) is 7.25. The molecule has 8 heteroatoms. The van der Waals surface area contributed by atoms with Gasteiger partial charge in [0, 0.05) is 29.6 Å². The Labute approximate surface area is 136 Å². The molecule has 2 rings (SSSR count). The second-order valence-corrected chi connectivity index (χ2v) is 6.16. The number of likely N-dealkylation sites (tertiary alicyclic amines) is 1. The Morgan fingerprint density at radius 3 is 2.22 bits per heavy atom. The predicted molar refractivity (Wildman–Crippen MR) is 82.2 cm³/mol. The summed E-state index contributed by atoms with van der Waals surface area (Å²) in [7, 11) is 0. The number of halogens is 3. The van der Waals surface area contributed by atoms with E-state index in [0.29, 0.717) is 5.69 Å². The number of nitrogens with zero attached hydrogens (tertiary/aromatic N) is 1. The van der Waals surface area contributed by atoms with Crippen molar-refractivity contribution in [2.45, 2.75) is 23.9 Å². The van der Waals surface area contributed by atoms with Gasteiger partial charge in [0.25, 0.3) is 0 Å². The summed E-state index contributed by atoms with van der Waals surface area (Å²) in [4.78, 5) is 25.1. The molecule has 1 aliphatic rings. The molecule has 4 nitrogen and oxygen atoms in total. The number of hydrogen-bond donors (Lipinski definition) is 1. The molecule has 2 amide bonds. The van der Waals surface area contributed by atoms with Gasteiger partial charge in [0.05, 0.1) is 0 Å². The largest absolute Gasteiger partial charge is 0.471 e. The minimum atomic E-state index is -4.85. The molecule has 1 saturated heterocycles. The van der Waals surface area contributed by atoms with Crippen LogP contribution < -0.4 is 5.32 Å². The third-order valence-corrected chi connectivity index (χ3v) is 4.50. The molecule has 0 aliphatic carbocycles. The number of piperidine rings is 1. The van der Waals surface area contributed by atoms with Gasteiger partial charge in [-0.05, 0) is 43.4 Å². The zero-order valence-electron chi connectivity index (χ0n) is 12.5. The summed E-state index contributed by atoms with van der Waals surface area (Å²) in [6, 6.07) is 7.33. The molecule has 0 radical (unpaired) electrons. The van der Waals surface area contributed by atoms with E-state index in [9.17, 15) is 22.8 Å². The van der Waals surface area contributed by atoms with Crippen molar-refractivity contribution in [1.82, 2.24) is 4.90 Å². The zero-order chi connectivity index (χ0) is 17.0. The Balaban J connectivity index is 1.87. The highest BCUT2D eigenvalue weighted by Gasteiger charge is 2.43. The third-order valence-electron chi connectivity index (χ3n) is 3.75. The van der Waals surface area contributed by atoms with Crippen LogP contribution in [0.3, 0.4) is 0 Å². The quantitative estimate of drug-likeness (QED) is 0.856. The molecule has 0 aromatic heterocycles. The first-order valence-electron chi connectivity index (χ1n) is 7.12. The Morgan fingerprint density at radius 1 is 1.17 bits per heavy atom. The summed E-state index contributed by atoms with van der Waals surface area (Å²) < 4.78 is 37.1.